The molecule has 0 atom stereocenters. The molecular weight excluding hydrogens is 158 g/mol. The zero-order valence-electron chi connectivity index (χ0n) is 6.36. The van der Waals surface area contributed by atoms with Crippen LogP contribution in [0.2, 0.25) is 0 Å². The molecule has 2 rings (SSSR count). The minimum absolute atomic E-state index is 0.420. The van der Waals surface area contributed by atoms with Crippen LogP contribution in [-0.2, 0) is 22.7 Å². The number of aromatic nitrogens is 2. The fourth-order valence-electron chi connectivity index (χ4n) is 1.22. The van der Waals surface area contributed by atoms with Crippen LogP contribution < -0.4 is 0 Å². The van der Waals surface area contributed by atoms with Crippen molar-refractivity contribution >= 4 is 12.0 Å². The summed E-state index contributed by atoms with van der Waals surface area (Å²) in [6.45, 7) is 1.89. The summed E-state index contributed by atoms with van der Waals surface area (Å²) < 4.78 is 7.04. The van der Waals surface area contributed by atoms with E-state index in [4.69, 9.17) is 4.74 Å². The number of fused-ring (bicyclic) bond motifs is 1. The number of aliphatic imine (C=N–C) groups is 1. The smallest absolute Gasteiger partial charge is 0.243 e. The minimum atomic E-state index is 0.420. The summed E-state index contributed by atoms with van der Waals surface area (Å²) in [5.74, 6) is 0.420. The maximum atomic E-state index is 9.98. The molecule has 0 spiro atoms. The second-order valence-corrected chi connectivity index (χ2v) is 2.46. The highest BCUT2D eigenvalue weighted by atomic mass is 16.5. The van der Waals surface area contributed by atoms with E-state index in [1.165, 1.54) is 6.08 Å². The van der Waals surface area contributed by atoms with Crippen molar-refractivity contribution in [2.45, 2.75) is 13.2 Å². The molecule has 1 aliphatic heterocycles. The molecule has 0 aromatic carbocycles. The number of carbonyl (C=O) groups excluding carboxylic acids is 1. The molecule has 0 N–H and O–H groups in total. The van der Waals surface area contributed by atoms with Gasteiger partial charge in [0, 0.05) is 6.54 Å². The van der Waals surface area contributed by atoms with Gasteiger partial charge in [-0.05, 0) is 0 Å². The average molecular weight is 165 g/mol. The van der Waals surface area contributed by atoms with Crippen molar-refractivity contribution in [3.8, 4) is 0 Å². The second kappa shape index (κ2) is 2.89. The number of isocyanates is 1. The molecule has 5 nitrogen and oxygen atoms in total. The van der Waals surface area contributed by atoms with Gasteiger partial charge in [-0.25, -0.2) is 9.78 Å². The van der Waals surface area contributed by atoms with Gasteiger partial charge < -0.3 is 9.30 Å². The van der Waals surface area contributed by atoms with Gasteiger partial charge in [0.1, 0.15) is 0 Å². The molecule has 1 aliphatic rings. The molecule has 0 unspecified atom stereocenters. The molecule has 62 valence electrons. The molecule has 0 saturated heterocycles. The summed E-state index contributed by atoms with van der Waals surface area (Å²) >= 11 is 0. The Morgan fingerprint density at radius 2 is 2.67 bits per heavy atom. The van der Waals surface area contributed by atoms with Crippen LogP contribution in [0, 0.1) is 0 Å². The fourth-order valence-corrected chi connectivity index (χ4v) is 1.22. The summed E-state index contributed by atoms with van der Waals surface area (Å²) in [6, 6.07) is 0. The van der Waals surface area contributed by atoms with Crippen LogP contribution >= 0.6 is 0 Å². The van der Waals surface area contributed by atoms with Crippen LogP contribution in [0.25, 0.3) is 0 Å². The summed E-state index contributed by atoms with van der Waals surface area (Å²) in [4.78, 5) is 17.4. The third-order valence-corrected chi connectivity index (χ3v) is 1.77. The predicted octanol–water partition coefficient (Wildman–Crippen LogP) is 0.381. The lowest BCUT2D eigenvalue weighted by molar-refractivity contribution is 0.0856. The molecule has 0 saturated carbocycles. The first-order valence-corrected chi connectivity index (χ1v) is 3.62. The molecule has 12 heavy (non-hydrogen) atoms. The van der Waals surface area contributed by atoms with Crippen molar-refractivity contribution in [1.29, 1.82) is 0 Å². The van der Waals surface area contributed by atoms with E-state index in [0.29, 0.717) is 25.7 Å². The summed E-state index contributed by atoms with van der Waals surface area (Å²) in [7, 11) is 0. The lowest BCUT2D eigenvalue weighted by Crippen LogP contribution is -2.15. The predicted molar refractivity (Wildman–Crippen MR) is 39.7 cm³/mol. The van der Waals surface area contributed by atoms with E-state index in [-0.39, 0.29) is 0 Å². The quantitative estimate of drug-likeness (QED) is 0.446. The molecular formula is C7H7N3O2. The standard InChI is InChI=1S/C7H7N3O2/c11-5-9-7-8-3-6-4-12-2-1-10(6)7/h3H,1-2,4H2. The Balaban J connectivity index is 2.44. The van der Waals surface area contributed by atoms with E-state index in [1.807, 2.05) is 4.57 Å². The van der Waals surface area contributed by atoms with Crippen molar-refractivity contribution in [3.63, 3.8) is 0 Å². The molecule has 0 aliphatic carbocycles. The number of ether oxygens (including phenoxy) is 1. The van der Waals surface area contributed by atoms with Crippen LogP contribution in [0.5, 0.6) is 0 Å². The monoisotopic (exact) mass is 165 g/mol. The average Bonchev–Trinajstić information content (AvgIpc) is 2.50. The van der Waals surface area contributed by atoms with Crippen LogP contribution in [0.4, 0.5) is 5.95 Å². The van der Waals surface area contributed by atoms with Gasteiger partial charge in [-0.2, -0.15) is 0 Å². The topological polar surface area (TPSA) is 56.5 Å². The van der Waals surface area contributed by atoms with Gasteiger partial charge in [-0.15, -0.1) is 4.99 Å². The van der Waals surface area contributed by atoms with Crippen molar-refractivity contribution in [2.24, 2.45) is 4.99 Å². The number of nitrogens with zero attached hydrogens (tertiary/aromatic N) is 3. The highest BCUT2D eigenvalue weighted by Crippen LogP contribution is 2.16. The minimum Gasteiger partial charge on any atom is -0.373 e. The van der Waals surface area contributed by atoms with E-state index in [9.17, 15) is 4.79 Å². The molecule has 1 aromatic rings. The van der Waals surface area contributed by atoms with Gasteiger partial charge in [0.2, 0.25) is 12.0 Å². The largest absolute Gasteiger partial charge is 0.373 e. The first-order chi connectivity index (χ1) is 5.92. The van der Waals surface area contributed by atoms with E-state index < -0.39 is 0 Å². The number of hydrogen-bond acceptors (Lipinski definition) is 4. The molecule has 0 radical (unpaired) electrons. The Bertz CT molecular complexity index is 338. The third kappa shape index (κ3) is 1.05. The summed E-state index contributed by atoms with van der Waals surface area (Å²) in [5.41, 5.74) is 0.954. The fraction of sp³-hybridized carbons (Fsp3) is 0.429. The van der Waals surface area contributed by atoms with Crippen LogP contribution in [0.3, 0.4) is 0 Å². The van der Waals surface area contributed by atoms with Gasteiger partial charge in [-0.3, -0.25) is 0 Å². The Hall–Kier alpha value is -1.45. The van der Waals surface area contributed by atoms with Gasteiger partial charge in [0.05, 0.1) is 25.1 Å². The van der Waals surface area contributed by atoms with Gasteiger partial charge in [0.25, 0.3) is 0 Å². The van der Waals surface area contributed by atoms with E-state index >= 15 is 0 Å². The molecule has 5 heteroatoms. The SMILES string of the molecule is O=C=Nc1ncc2n1CCOC2. The van der Waals surface area contributed by atoms with Crippen molar-refractivity contribution in [3.05, 3.63) is 11.9 Å². The van der Waals surface area contributed by atoms with E-state index in [2.05, 4.69) is 9.98 Å². The van der Waals surface area contributed by atoms with Crippen molar-refractivity contribution < 1.29 is 9.53 Å². The molecule has 0 amide bonds. The Morgan fingerprint density at radius 3 is 3.50 bits per heavy atom. The third-order valence-electron chi connectivity index (χ3n) is 1.77. The summed E-state index contributed by atoms with van der Waals surface area (Å²) in [5, 5.41) is 0. The van der Waals surface area contributed by atoms with Gasteiger partial charge in [-0.1, -0.05) is 0 Å². The normalized spacial score (nSPS) is 15.0. The second-order valence-electron chi connectivity index (χ2n) is 2.46. The first kappa shape index (κ1) is 7.21. The van der Waals surface area contributed by atoms with Crippen LogP contribution in [-0.4, -0.2) is 22.2 Å². The summed E-state index contributed by atoms with van der Waals surface area (Å²) in [6.07, 6.45) is 3.13. The van der Waals surface area contributed by atoms with Gasteiger partial charge >= 0.3 is 0 Å². The highest BCUT2D eigenvalue weighted by Gasteiger charge is 2.12. The molecule has 2 heterocycles. The Kier molecular flexibility index (Phi) is 1.74. The zero-order chi connectivity index (χ0) is 8.39. The molecule has 0 fully saturated rings. The lowest BCUT2D eigenvalue weighted by atomic mass is 10.4. The molecule has 0 bridgehead atoms. The van der Waals surface area contributed by atoms with E-state index in [0.717, 1.165) is 5.69 Å². The highest BCUT2D eigenvalue weighted by molar-refractivity contribution is 5.42. The van der Waals surface area contributed by atoms with Crippen LogP contribution in [0.1, 0.15) is 5.69 Å². The lowest BCUT2D eigenvalue weighted by Gasteiger charge is -2.14. The molecule has 1 aromatic heterocycles. The van der Waals surface area contributed by atoms with Gasteiger partial charge in [0.15, 0.2) is 0 Å². The van der Waals surface area contributed by atoms with Crippen LogP contribution in [0.15, 0.2) is 11.2 Å². The zero-order valence-corrected chi connectivity index (χ0v) is 6.36. The number of imidazole rings is 1. The number of hydrogen-bond donors (Lipinski definition) is 0. The maximum Gasteiger partial charge on any atom is 0.243 e. The Morgan fingerprint density at radius 1 is 1.75 bits per heavy atom. The van der Waals surface area contributed by atoms with E-state index in [1.54, 1.807) is 6.20 Å². The Labute approximate surface area is 68.7 Å². The van der Waals surface area contributed by atoms with Crippen molar-refractivity contribution in [2.75, 3.05) is 6.61 Å². The van der Waals surface area contributed by atoms with Crippen molar-refractivity contribution in [1.82, 2.24) is 9.55 Å². The maximum absolute atomic E-state index is 9.98. The number of rotatable bonds is 1. The first-order valence-electron chi connectivity index (χ1n) is 3.62.